The second-order valence-electron chi connectivity index (χ2n) is 2.38. The zero-order chi connectivity index (χ0) is 8.43. The number of rotatable bonds is 1. The molecule has 0 radical (unpaired) electrons. The maximum absolute atomic E-state index is 9.16. The molecule has 0 aromatic heterocycles. The highest BCUT2D eigenvalue weighted by atomic mass is 16.3. The van der Waals surface area contributed by atoms with E-state index in [1.54, 1.807) is 13.0 Å². The van der Waals surface area contributed by atoms with E-state index in [0.29, 0.717) is 11.1 Å². The fourth-order valence-electron chi connectivity index (χ4n) is 0.899. The van der Waals surface area contributed by atoms with Gasteiger partial charge in [0.1, 0.15) is 0 Å². The van der Waals surface area contributed by atoms with Crippen LogP contribution >= 0.6 is 0 Å². The van der Waals surface area contributed by atoms with Crippen LogP contribution in [0, 0.1) is 6.92 Å². The van der Waals surface area contributed by atoms with E-state index in [0.717, 1.165) is 0 Å². The fourth-order valence-corrected chi connectivity index (χ4v) is 0.899. The number of benzene rings is 1. The molecule has 1 aromatic rings. The van der Waals surface area contributed by atoms with Crippen molar-refractivity contribution in [2.75, 3.05) is 0 Å². The molecule has 3 nitrogen and oxygen atoms in total. The third-order valence-corrected chi connectivity index (χ3v) is 1.69. The minimum atomic E-state index is -0.156. The fraction of sp³-hybridized carbons (Fsp3) is 0.250. The smallest absolute Gasteiger partial charge is 0.160 e. The summed E-state index contributed by atoms with van der Waals surface area (Å²) < 4.78 is 0. The van der Waals surface area contributed by atoms with Gasteiger partial charge in [0.15, 0.2) is 11.5 Å². The molecule has 0 unspecified atom stereocenters. The average molecular weight is 154 g/mol. The second kappa shape index (κ2) is 2.80. The van der Waals surface area contributed by atoms with E-state index in [-0.39, 0.29) is 18.1 Å². The molecule has 0 amide bonds. The molecule has 11 heavy (non-hydrogen) atoms. The van der Waals surface area contributed by atoms with Crippen LogP contribution in [0.2, 0.25) is 0 Å². The summed E-state index contributed by atoms with van der Waals surface area (Å²) in [6, 6.07) is 2.93. The number of hydrogen-bond acceptors (Lipinski definition) is 3. The summed E-state index contributed by atoms with van der Waals surface area (Å²) in [7, 11) is 0. The topological polar surface area (TPSA) is 60.7 Å². The molecule has 0 aliphatic carbocycles. The van der Waals surface area contributed by atoms with Gasteiger partial charge < -0.3 is 15.3 Å². The Bertz CT molecular complexity index is 268. The first-order chi connectivity index (χ1) is 5.16. The molecule has 0 aliphatic rings. The Kier molecular flexibility index (Phi) is 2.01. The minimum absolute atomic E-state index is 0.125. The van der Waals surface area contributed by atoms with Gasteiger partial charge in [0.05, 0.1) is 6.61 Å². The second-order valence-corrected chi connectivity index (χ2v) is 2.38. The van der Waals surface area contributed by atoms with E-state index in [1.165, 1.54) is 6.07 Å². The highest BCUT2D eigenvalue weighted by Crippen LogP contribution is 2.30. The number of aromatic hydroxyl groups is 2. The van der Waals surface area contributed by atoms with Gasteiger partial charge in [-0.3, -0.25) is 0 Å². The van der Waals surface area contributed by atoms with Crippen molar-refractivity contribution < 1.29 is 15.3 Å². The molecule has 1 rings (SSSR count). The summed E-state index contributed by atoms with van der Waals surface area (Å²) >= 11 is 0. The van der Waals surface area contributed by atoms with Crippen LogP contribution < -0.4 is 0 Å². The van der Waals surface area contributed by atoms with Crippen LogP contribution in [0.15, 0.2) is 12.1 Å². The Morgan fingerprint density at radius 3 is 2.45 bits per heavy atom. The molecule has 0 aliphatic heterocycles. The molecule has 3 heteroatoms. The Hall–Kier alpha value is -1.22. The SMILES string of the molecule is Cc1c(CO)ccc(O)c1O. The van der Waals surface area contributed by atoms with Crippen LogP contribution in [0.4, 0.5) is 0 Å². The Morgan fingerprint density at radius 1 is 1.27 bits per heavy atom. The molecule has 3 N–H and O–H groups in total. The third-order valence-electron chi connectivity index (χ3n) is 1.69. The number of phenolic OH excluding ortho intramolecular Hbond substituents is 2. The van der Waals surface area contributed by atoms with Crippen molar-refractivity contribution in [3.8, 4) is 11.5 Å². The van der Waals surface area contributed by atoms with Crippen LogP contribution in [0.1, 0.15) is 11.1 Å². The summed E-state index contributed by atoms with van der Waals surface area (Å²) in [5.74, 6) is -0.309. The van der Waals surface area contributed by atoms with Gasteiger partial charge in [-0.1, -0.05) is 6.07 Å². The van der Waals surface area contributed by atoms with E-state index >= 15 is 0 Å². The predicted molar refractivity (Wildman–Crippen MR) is 40.4 cm³/mol. The molecule has 1 aromatic carbocycles. The minimum Gasteiger partial charge on any atom is -0.504 e. The Morgan fingerprint density at radius 2 is 1.91 bits per heavy atom. The van der Waals surface area contributed by atoms with Crippen molar-refractivity contribution in [3.05, 3.63) is 23.3 Å². The monoisotopic (exact) mass is 154 g/mol. The first-order valence-electron chi connectivity index (χ1n) is 3.28. The number of aliphatic hydroxyl groups is 1. The lowest BCUT2D eigenvalue weighted by Crippen LogP contribution is -1.88. The van der Waals surface area contributed by atoms with Crippen molar-refractivity contribution in [2.45, 2.75) is 13.5 Å². The van der Waals surface area contributed by atoms with Crippen LogP contribution in [-0.4, -0.2) is 15.3 Å². The summed E-state index contributed by atoms with van der Waals surface area (Å²) in [6.45, 7) is 1.51. The van der Waals surface area contributed by atoms with Crippen molar-refractivity contribution >= 4 is 0 Å². The highest BCUT2D eigenvalue weighted by molar-refractivity contribution is 5.47. The van der Waals surface area contributed by atoms with Gasteiger partial charge in [0.25, 0.3) is 0 Å². The number of phenols is 2. The first kappa shape index (κ1) is 7.88. The molecule has 0 bridgehead atoms. The quantitative estimate of drug-likeness (QED) is 0.526. The van der Waals surface area contributed by atoms with E-state index in [2.05, 4.69) is 0 Å². The van der Waals surface area contributed by atoms with Gasteiger partial charge in [-0.25, -0.2) is 0 Å². The van der Waals surface area contributed by atoms with Crippen LogP contribution in [0.3, 0.4) is 0 Å². The van der Waals surface area contributed by atoms with Gasteiger partial charge in [-0.15, -0.1) is 0 Å². The third kappa shape index (κ3) is 1.28. The lowest BCUT2D eigenvalue weighted by atomic mass is 10.1. The maximum Gasteiger partial charge on any atom is 0.160 e. The van der Waals surface area contributed by atoms with E-state index in [9.17, 15) is 0 Å². The van der Waals surface area contributed by atoms with Crippen molar-refractivity contribution in [3.63, 3.8) is 0 Å². The Balaban J connectivity index is 3.25. The van der Waals surface area contributed by atoms with Crippen molar-refractivity contribution in [1.82, 2.24) is 0 Å². The lowest BCUT2D eigenvalue weighted by molar-refractivity contribution is 0.279. The van der Waals surface area contributed by atoms with Gasteiger partial charge in [-0.2, -0.15) is 0 Å². The standard InChI is InChI=1S/C8H10O3/c1-5-6(4-9)2-3-7(10)8(5)11/h2-3,9-11H,4H2,1H3. The molecule has 0 atom stereocenters. The Labute approximate surface area is 64.5 Å². The molecule has 0 saturated carbocycles. The zero-order valence-corrected chi connectivity index (χ0v) is 6.20. The molecule has 60 valence electrons. The van der Waals surface area contributed by atoms with Gasteiger partial charge in [-0.05, 0) is 18.6 Å². The molecule has 0 fully saturated rings. The van der Waals surface area contributed by atoms with E-state index in [1.807, 2.05) is 0 Å². The van der Waals surface area contributed by atoms with Crippen LogP contribution in [-0.2, 0) is 6.61 Å². The first-order valence-corrected chi connectivity index (χ1v) is 3.28. The van der Waals surface area contributed by atoms with Crippen molar-refractivity contribution in [1.29, 1.82) is 0 Å². The van der Waals surface area contributed by atoms with Crippen molar-refractivity contribution in [2.24, 2.45) is 0 Å². The van der Waals surface area contributed by atoms with Crippen LogP contribution in [0.25, 0.3) is 0 Å². The zero-order valence-electron chi connectivity index (χ0n) is 6.20. The molecule has 0 saturated heterocycles. The lowest BCUT2D eigenvalue weighted by Gasteiger charge is -2.05. The molecular weight excluding hydrogens is 144 g/mol. The number of aliphatic hydroxyl groups excluding tert-OH is 1. The predicted octanol–water partition coefficient (Wildman–Crippen LogP) is 0.899. The highest BCUT2D eigenvalue weighted by Gasteiger charge is 2.05. The van der Waals surface area contributed by atoms with E-state index in [4.69, 9.17) is 15.3 Å². The van der Waals surface area contributed by atoms with Gasteiger partial charge in [0, 0.05) is 5.56 Å². The summed E-state index contributed by atoms with van der Waals surface area (Å²) in [4.78, 5) is 0. The molecular formula is C8H10O3. The number of hydrogen-bond donors (Lipinski definition) is 3. The van der Waals surface area contributed by atoms with Crippen LogP contribution in [0.5, 0.6) is 11.5 Å². The average Bonchev–Trinajstić information content (AvgIpc) is 2.01. The summed E-state index contributed by atoms with van der Waals surface area (Å²) in [5.41, 5.74) is 1.15. The molecule has 0 heterocycles. The van der Waals surface area contributed by atoms with Gasteiger partial charge >= 0.3 is 0 Å². The summed E-state index contributed by atoms with van der Waals surface area (Å²) in [6.07, 6.45) is 0. The maximum atomic E-state index is 9.16. The largest absolute Gasteiger partial charge is 0.504 e. The normalized spacial score (nSPS) is 10.0. The summed E-state index contributed by atoms with van der Waals surface area (Å²) in [5, 5.41) is 26.9. The van der Waals surface area contributed by atoms with Gasteiger partial charge in [0.2, 0.25) is 0 Å². The van der Waals surface area contributed by atoms with E-state index < -0.39 is 0 Å². The molecule has 0 spiro atoms.